The summed E-state index contributed by atoms with van der Waals surface area (Å²) in [6.07, 6.45) is -0.871. The second-order valence-electron chi connectivity index (χ2n) is 6.28. The molecular weight excluding hydrogens is 334 g/mol. The Kier molecular flexibility index (Phi) is 7.31. The van der Waals surface area contributed by atoms with Crippen LogP contribution < -0.4 is 9.47 Å². The first-order valence-electron chi connectivity index (χ1n) is 8.06. The van der Waals surface area contributed by atoms with Gasteiger partial charge in [-0.3, -0.25) is 10.1 Å². The molecule has 0 atom stereocenters. The van der Waals surface area contributed by atoms with Crippen LogP contribution >= 0.6 is 0 Å². The maximum atomic E-state index is 12.2. The number of nitro groups is 1. The third-order valence-electron chi connectivity index (χ3n) is 3.75. The lowest BCUT2D eigenvalue weighted by Crippen LogP contribution is -2.16. The number of para-hydroxylation sites is 1. The molecule has 0 radical (unpaired) electrons. The van der Waals surface area contributed by atoms with Crippen LogP contribution in [0.25, 0.3) is 0 Å². The van der Waals surface area contributed by atoms with Crippen molar-refractivity contribution in [2.24, 2.45) is 0 Å². The van der Waals surface area contributed by atoms with Crippen molar-refractivity contribution < 1.29 is 19.2 Å². The van der Waals surface area contributed by atoms with Gasteiger partial charge in [-0.05, 0) is 35.1 Å². The quantitative estimate of drug-likeness (QED) is 0.281. The molecule has 0 bridgehead atoms. The molecule has 0 heterocycles. The molecule has 0 aliphatic carbocycles. The van der Waals surface area contributed by atoms with Crippen LogP contribution in [0.2, 0.25) is 0 Å². The number of carbonyl (C=O) groups is 1. The van der Waals surface area contributed by atoms with Crippen molar-refractivity contribution in [3.8, 4) is 11.5 Å². The number of nitrogens with zero attached hydrogens (tertiary/aromatic N) is 1. The predicted octanol–water partition coefficient (Wildman–Crippen LogP) is 6.06. The van der Waals surface area contributed by atoms with Crippen LogP contribution in [0.3, 0.4) is 0 Å². The lowest BCUT2D eigenvalue weighted by Gasteiger charge is -2.18. The van der Waals surface area contributed by atoms with Crippen molar-refractivity contribution in [1.29, 1.82) is 0 Å². The van der Waals surface area contributed by atoms with Crippen LogP contribution in [0.15, 0.2) is 42.5 Å². The molecule has 26 heavy (non-hydrogen) atoms. The summed E-state index contributed by atoms with van der Waals surface area (Å²) in [5, 5.41) is 10.7. The zero-order chi connectivity index (χ0) is 18.6. The molecule has 0 fully saturated rings. The van der Waals surface area contributed by atoms with E-state index in [1.807, 2.05) is 45.9 Å². The number of hydrogen-bond acceptors (Lipinski definition) is 5. The average molecular weight is 359 g/mol. The van der Waals surface area contributed by atoms with Gasteiger partial charge in [0.25, 0.3) is 5.69 Å². The molecule has 0 amide bonds. The summed E-state index contributed by atoms with van der Waals surface area (Å²) in [5.41, 5.74) is 1.77. The zero-order valence-corrected chi connectivity index (χ0v) is 14.7. The van der Waals surface area contributed by atoms with Gasteiger partial charge in [-0.2, -0.15) is 0 Å². The summed E-state index contributed by atoms with van der Waals surface area (Å²) in [5.74, 6) is 1.06. The zero-order valence-electron chi connectivity index (χ0n) is 14.7. The van der Waals surface area contributed by atoms with Gasteiger partial charge in [0.2, 0.25) is 0 Å². The Morgan fingerprint density at radius 1 is 0.923 bits per heavy atom. The smallest absolute Gasteiger partial charge is 0.395 e. The average Bonchev–Trinajstić information content (AvgIpc) is 2.54. The van der Waals surface area contributed by atoms with Crippen molar-refractivity contribution >= 4 is 11.8 Å². The topological polar surface area (TPSA) is 78.7 Å². The Bertz CT molecular complexity index is 740. The van der Waals surface area contributed by atoms with Crippen LogP contribution in [0, 0.1) is 10.1 Å². The van der Waals surface area contributed by atoms with Crippen molar-refractivity contribution in [3.63, 3.8) is 0 Å². The van der Waals surface area contributed by atoms with E-state index in [9.17, 15) is 14.9 Å². The van der Waals surface area contributed by atoms with Crippen LogP contribution in [0.5, 0.6) is 11.5 Å². The van der Waals surface area contributed by atoms with Gasteiger partial charge < -0.3 is 9.47 Å². The fraction of sp³-hybridized carbons (Fsp3) is 0.350. The number of benzene rings is 2. The lowest BCUT2D eigenvalue weighted by molar-refractivity contribution is -0.384. The van der Waals surface area contributed by atoms with Gasteiger partial charge >= 0.3 is 6.16 Å². The van der Waals surface area contributed by atoms with Crippen molar-refractivity contribution in [2.45, 2.75) is 47.0 Å². The van der Waals surface area contributed by atoms with Crippen LogP contribution in [-0.4, -0.2) is 11.1 Å². The Morgan fingerprint density at radius 3 is 1.85 bits per heavy atom. The summed E-state index contributed by atoms with van der Waals surface area (Å²) in [4.78, 5) is 22.3. The standard InChI is InChI=1S/C19H21NO5.CH4/c1-12(2)16-6-5-7-17(13(3)4)18(16)25-19(21)24-15-10-8-14(9-11-15)20(22)23;/h5-13H,1-4H3;1H4. The largest absolute Gasteiger partial charge is 0.519 e. The van der Waals surface area contributed by atoms with Gasteiger partial charge in [0, 0.05) is 12.1 Å². The van der Waals surface area contributed by atoms with E-state index in [2.05, 4.69) is 0 Å². The number of rotatable bonds is 5. The van der Waals surface area contributed by atoms with Crippen LogP contribution in [-0.2, 0) is 0 Å². The van der Waals surface area contributed by atoms with E-state index in [0.29, 0.717) is 5.75 Å². The third kappa shape index (κ3) is 5.05. The summed E-state index contributed by atoms with van der Waals surface area (Å²) in [6, 6.07) is 11.0. The molecule has 2 aromatic carbocycles. The van der Waals surface area contributed by atoms with E-state index < -0.39 is 11.1 Å². The molecule has 2 aromatic rings. The SMILES string of the molecule is C.CC(C)c1cccc(C(C)C)c1OC(=O)Oc1ccc([N+](=O)[O-])cc1. The maximum Gasteiger partial charge on any atom is 0.519 e. The molecule has 140 valence electrons. The van der Waals surface area contributed by atoms with Gasteiger partial charge in [0.15, 0.2) is 0 Å². The molecule has 6 nitrogen and oxygen atoms in total. The molecule has 0 saturated carbocycles. The first-order valence-corrected chi connectivity index (χ1v) is 8.06. The second kappa shape index (κ2) is 8.99. The predicted molar refractivity (Wildman–Crippen MR) is 101 cm³/mol. The molecule has 0 spiro atoms. The van der Waals surface area contributed by atoms with Crippen molar-refractivity contribution in [1.82, 2.24) is 0 Å². The Balaban J connectivity index is 0.00000338. The normalized spacial score (nSPS) is 10.4. The van der Waals surface area contributed by atoms with Gasteiger partial charge in [0.1, 0.15) is 11.5 Å². The number of hydrogen-bond donors (Lipinski definition) is 0. The highest BCUT2D eigenvalue weighted by atomic mass is 16.7. The summed E-state index contributed by atoms with van der Waals surface area (Å²) in [6.45, 7) is 8.09. The van der Waals surface area contributed by atoms with E-state index in [1.54, 1.807) is 0 Å². The summed E-state index contributed by atoms with van der Waals surface area (Å²) < 4.78 is 10.6. The minimum Gasteiger partial charge on any atom is -0.395 e. The maximum absolute atomic E-state index is 12.2. The van der Waals surface area contributed by atoms with Gasteiger partial charge in [-0.1, -0.05) is 53.3 Å². The fourth-order valence-electron chi connectivity index (χ4n) is 2.44. The molecule has 2 rings (SSSR count). The molecular formula is C20H25NO5. The number of non-ortho nitro benzene ring substituents is 1. The minimum absolute atomic E-state index is 0. The summed E-state index contributed by atoms with van der Waals surface area (Å²) in [7, 11) is 0. The Morgan fingerprint density at radius 2 is 1.42 bits per heavy atom. The van der Waals surface area contributed by atoms with Crippen molar-refractivity contribution in [3.05, 3.63) is 63.7 Å². The van der Waals surface area contributed by atoms with E-state index in [0.717, 1.165) is 11.1 Å². The number of carbonyl (C=O) groups excluding carboxylic acids is 1. The first kappa shape index (κ1) is 21.2. The molecule has 0 aromatic heterocycles. The molecule has 6 heteroatoms. The molecule has 0 aliphatic heterocycles. The fourth-order valence-corrected chi connectivity index (χ4v) is 2.44. The van der Waals surface area contributed by atoms with E-state index in [-0.39, 0.29) is 30.7 Å². The van der Waals surface area contributed by atoms with Gasteiger partial charge in [-0.25, -0.2) is 4.79 Å². The first-order chi connectivity index (χ1) is 11.8. The summed E-state index contributed by atoms with van der Waals surface area (Å²) >= 11 is 0. The third-order valence-corrected chi connectivity index (χ3v) is 3.75. The lowest BCUT2D eigenvalue weighted by atomic mass is 9.94. The molecule has 0 N–H and O–H groups in total. The highest BCUT2D eigenvalue weighted by Gasteiger charge is 2.19. The number of nitro benzene ring substituents is 1. The highest BCUT2D eigenvalue weighted by Crippen LogP contribution is 2.34. The van der Waals surface area contributed by atoms with E-state index in [1.165, 1.54) is 24.3 Å². The van der Waals surface area contributed by atoms with E-state index in [4.69, 9.17) is 9.47 Å². The molecule has 0 aliphatic rings. The molecule has 0 saturated heterocycles. The van der Waals surface area contributed by atoms with E-state index >= 15 is 0 Å². The second-order valence-corrected chi connectivity index (χ2v) is 6.28. The minimum atomic E-state index is -0.871. The highest BCUT2D eigenvalue weighted by molar-refractivity contribution is 5.69. The van der Waals surface area contributed by atoms with Crippen LogP contribution in [0.1, 0.15) is 58.1 Å². The van der Waals surface area contributed by atoms with Crippen molar-refractivity contribution in [2.75, 3.05) is 0 Å². The number of ether oxygens (including phenoxy) is 2. The monoisotopic (exact) mass is 359 g/mol. The Labute approximate surface area is 153 Å². The molecule has 0 unspecified atom stereocenters. The van der Waals surface area contributed by atoms with Gasteiger partial charge in [0.05, 0.1) is 4.92 Å². The Hall–Kier alpha value is -2.89. The van der Waals surface area contributed by atoms with Gasteiger partial charge in [-0.15, -0.1) is 0 Å². The van der Waals surface area contributed by atoms with Crippen LogP contribution in [0.4, 0.5) is 10.5 Å².